The Labute approximate surface area is 132 Å². The van der Waals surface area contributed by atoms with E-state index in [2.05, 4.69) is 26.0 Å². The lowest BCUT2D eigenvalue weighted by molar-refractivity contribution is -0.710. The predicted octanol–water partition coefficient (Wildman–Crippen LogP) is 1.35. The summed E-state index contributed by atoms with van der Waals surface area (Å²) in [5.41, 5.74) is 1.04. The first-order chi connectivity index (χ1) is 9.88. The predicted molar refractivity (Wildman–Crippen MR) is 81.0 cm³/mol. The van der Waals surface area contributed by atoms with Crippen LogP contribution in [0.4, 0.5) is 4.79 Å². The fourth-order valence-electron chi connectivity index (χ4n) is 1.86. The van der Waals surface area contributed by atoms with Gasteiger partial charge in [0, 0.05) is 5.56 Å². The molecule has 0 aliphatic heterocycles. The molecule has 3 N–H and O–H groups in total. The van der Waals surface area contributed by atoms with Crippen molar-refractivity contribution in [3.8, 4) is 5.75 Å². The van der Waals surface area contributed by atoms with E-state index in [0.29, 0.717) is 0 Å². The summed E-state index contributed by atoms with van der Waals surface area (Å²) in [5, 5.41) is 4.02. The first kappa shape index (κ1) is 17.5. The molecule has 21 heavy (non-hydrogen) atoms. The number of alkyl carbamates (subject to hydrolysis) is 1. The normalized spacial score (nSPS) is 13.2. The van der Waals surface area contributed by atoms with Gasteiger partial charge in [-0.2, -0.15) is 0 Å². The Bertz CT molecular complexity index is 522. The Morgan fingerprint density at radius 3 is 2.48 bits per heavy atom. The Kier molecular flexibility index (Phi) is 6.64. The van der Waals surface area contributed by atoms with Gasteiger partial charge in [0.15, 0.2) is 6.04 Å². The molecule has 0 saturated carbocycles. The molecule has 0 fully saturated rings. The van der Waals surface area contributed by atoms with Gasteiger partial charge in [-0.1, -0.05) is 0 Å². The monoisotopic (exact) mass is 359 g/mol. The number of quaternary nitrogens is 1. The zero-order valence-corrected chi connectivity index (χ0v) is 14.1. The van der Waals surface area contributed by atoms with Gasteiger partial charge in [-0.3, -0.25) is 10.1 Å². The van der Waals surface area contributed by atoms with Crippen LogP contribution < -0.4 is 15.4 Å². The minimum Gasteiger partial charge on any atom is -0.496 e. The minimum absolute atomic E-state index is 0.0469. The van der Waals surface area contributed by atoms with Gasteiger partial charge in [0.2, 0.25) is 0 Å². The van der Waals surface area contributed by atoms with Gasteiger partial charge in [-0.25, -0.2) is 4.79 Å². The number of benzene rings is 1. The highest BCUT2D eigenvalue weighted by Gasteiger charge is 2.22. The molecule has 1 aromatic rings. The van der Waals surface area contributed by atoms with E-state index >= 15 is 0 Å². The second kappa shape index (κ2) is 7.99. The number of hydrogen-bond acceptors (Lipinski definition) is 4. The van der Waals surface area contributed by atoms with Crippen LogP contribution in [0.5, 0.6) is 5.75 Å². The molecule has 1 rings (SSSR count). The van der Waals surface area contributed by atoms with Crippen molar-refractivity contribution in [3.05, 3.63) is 28.2 Å². The van der Waals surface area contributed by atoms with Crippen LogP contribution in [0.15, 0.2) is 22.7 Å². The van der Waals surface area contributed by atoms with Crippen LogP contribution >= 0.6 is 15.9 Å². The molecule has 0 radical (unpaired) electrons. The van der Waals surface area contributed by atoms with Gasteiger partial charge < -0.3 is 14.8 Å². The highest BCUT2D eigenvalue weighted by atomic mass is 79.9. The molecule has 0 aromatic heterocycles. The number of nitrogens with two attached hydrogens (primary N) is 1. The van der Waals surface area contributed by atoms with Crippen molar-refractivity contribution in [1.29, 1.82) is 0 Å². The van der Waals surface area contributed by atoms with Crippen LogP contribution in [0.3, 0.4) is 0 Å². The first-order valence-electron chi connectivity index (χ1n) is 6.46. The smallest absolute Gasteiger partial charge is 0.413 e. The van der Waals surface area contributed by atoms with Crippen molar-refractivity contribution in [2.24, 2.45) is 0 Å². The molecular formula is C14H20BrN2O4+. The maximum Gasteiger partial charge on any atom is 0.413 e. The van der Waals surface area contributed by atoms with Gasteiger partial charge in [0.1, 0.15) is 11.8 Å². The fraction of sp³-hybridized carbons (Fsp3) is 0.429. The molecule has 0 saturated heterocycles. The third kappa shape index (κ3) is 5.02. The van der Waals surface area contributed by atoms with Crippen molar-refractivity contribution in [1.82, 2.24) is 5.32 Å². The molecule has 6 nitrogen and oxygen atoms in total. The third-order valence-corrected chi connectivity index (χ3v) is 3.72. The Balaban J connectivity index is 2.67. The van der Waals surface area contributed by atoms with Crippen LogP contribution in [-0.2, 0) is 9.53 Å². The number of ether oxygens (including phenoxy) is 2. The first-order valence-corrected chi connectivity index (χ1v) is 7.25. The molecule has 0 spiro atoms. The highest BCUT2D eigenvalue weighted by molar-refractivity contribution is 9.10. The number of amides is 2. The number of carbonyl (C=O) groups excluding carboxylic acids is 2. The van der Waals surface area contributed by atoms with E-state index in [1.165, 1.54) is 7.11 Å². The molecule has 0 bridgehead atoms. The van der Waals surface area contributed by atoms with Gasteiger partial charge in [0.25, 0.3) is 5.91 Å². The molecule has 2 amide bonds. The summed E-state index contributed by atoms with van der Waals surface area (Å²) in [6, 6.07) is 5.38. The molecular weight excluding hydrogens is 340 g/mol. The Hall–Kier alpha value is -1.60. The van der Waals surface area contributed by atoms with Crippen LogP contribution in [0.1, 0.15) is 25.5 Å². The maximum atomic E-state index is 11.8. The Morgan fingerprint density at radius 1 is 1.29 bits per heavy atom. The third-order valence-electron chi connectivity index (χ3n) is 3.10. The Morgan fingerprint density at radius 2 is 1.95 bits per heavy atom. The second-order valence-electron chi connectivity index (χ2n) is 4.64. The number of imide groups is 1. The van der Waals surface area contributed by atoms with Crippen molar-refractivity contribution in [3.63, 3.8) is 0 Å². The number of carbonyl (C=O) groups is 2. The number of hydrogen-bond donors (Lipinski definition) is 2. The number of rotatable bonds is 5. The molecule has 116 valence electrons. The van der Waals surface area contributed by atoms with Gasteiger partial charge in [-0.15, -0.1) is 0 Å². The average Bonchev–Trinajstić information content (AvgIpc) is 2.46. The molecule has 2 atom stereocenters. The van der Waals surface area contributed by atoms with Gasteiger partial charge in [-0.05, 0) is 48.0 Å². The molecule has 7 heteroatoms. The average molecular weight is 360 g/mol. The van der Waals surface area contributed by atoms with Crippen LogP contribution in [0.2, 0.25) is 0 Å². The van der Waals surface area contributed by atoms with Crippen molar-refractivity contribution < 1.29 is 24.4 Å². The van der Waals surface area contributed by atoms with Crippen LogP contribution in [0, 0.1) is 0 Å². The lowest BCUT2D eigenvalue weighted by atomic mass is 10.1. The summed E-state index contributed by atoms with van der Waals surface area (Å²) in [4.78, 5) is 22.8. The standard InChI is InChI=1S/C14H19BrN2O4/c1-8(10-5-6-12(20-3)11(15)7-10)16-9(2)13(18)17-14(19)21-4/h5-9,16H,1-4H3,(H,17,18,19)/p+1/t8-,9-/m0/s1. The maximum absolute atomic E-state index is 11.8. The molecule has 0 aliphatic rings. The topological polar surface area (TPSA) is 81.2 Å². The zero-order valence-electron chi connectivity index (χ0n) is 12.5. The van der Waals surface area contributed by atoms with Gasteiger partial charge >= 0.3 is 6.09 Å². The number of methoxy groups -OCH3 is 2. The fourth-order valence-corrected chi connectivity index (χ4v) is 2.42. The summed E-state index contributed by atoms with van der Waals surface area (Å²) >= 11 is 3.43. The quantitative estimate of drug-likeness (QED) is 0.831. The van der Waals surface area contributed by atoms with Crippen LogP contribution in [0.25, 0.3) is 0 Å². The molecule has 1 aromatic carbocycles. The summed E-state index contributed by atoms with van der Waals surface area (Å²) in [6.45, 7) is 3.71. The summed E-state index contributed by atoms with van der Waals surface area (Å²) in [6.07, 6.45) is -0.750. The molecule has 0 aliphatic carbocycles. The number of halogens is 1. The second-order valence-corrected chi connectivity index (χ2v) is 5.50. The summed E-state index contributed by atoms with van der Waals surface area (Å²) in [5.74, 6) is 0.365. The van der Waals surface area contributed by atoms with E-state index in [-0.39, 0.29) is 11.9 Å². The lowest BCUT2D eigenvalue weighted by Gasteiger charge is -2.17. The lowest BCUT2D eigenvalue weighted by Crippen LogP contribution is -2.92. The van der Waals surface area contributed by atoms with Crippen molar-refractivity contribution in [2.45, 2.75) is 25.9 Å². The van der Waals surface area contributed by atoms with Crippen molar-refractivity contribution >= 4 is 27.9 Å². The van der Waals surface area contributed by atoms with Crippen LogP contribution in [-0.4, -0.2) is 32.3 Å². The summed E-state index contributed by atoms with van der Waals surface area (Å²) in [7, 11) is 2.82. The molecule has 0 heterocycles. The number of nitrogens with one attached hydrogen (secondary N) is 1. The van der Waals surface area contributed by atoms with E-state index in [4.69, 9.17) is 4.74 Å². The molecule has 0 unspecified atom stereocenters. The van der Waals surface area contributed by atoms with E-state index in [1.807, 2.05) is 30.4 Å². The van der Waals surface area contributed by atoms with E-state index in [9.17, 15) is 9.59 Å². The van der Waals surface area contributed by atoms with E-state index in [0.717, 1.165) is 15.8 Å². The van der Waals surface area contributed by atoms with Crippen molar-refractivity contribution in [2.75, 3.05) is 14.2 Å². The summed E-state index contributed by atoms with van der Waals surface area (Å²) < 4.78 is 10.4. The largest absolute Gasteiger partial charge is 0.496 e. The SMILES string of the molecule is COC(=O)NC(=O)[C@H](C)[NH2+][C@@H](C)c1ccc(OC)c(Br)c1. The zero-order chi connectivity index (χ0) is 16.0. The highest BCUT2D eigenvalue weighted by Crippen LogP contribution is 2.27. The minimum atomic E-state index is -0.750. The van der Waals surface area contributed by atoms with Gasteiger partial charge in [0.05, 0.1) is 18.7 Å². The van der Waals surface area contributed by atoms with E-state index in [1.54, 1.807) is 14.0 Å². The van der Waals surface area contributed by atoms with E-state index < -0.39 is 12.1 Å².